The molecule has 3 atom stereocenters. The number of hydrogen-bond donors (Lipinski definition) is 0. The number of piperidine rings is 1. The van der Waals surface area contributed by atoms with Gasteiger partial charge in [0, 0.05) is 43.2 Å². The fourth-order valence-electron chi connectivity index (χ4n) is 4.59. The second-order valence-corrected chi connectivity index (χ2v) is 8.60. The number of ether oxygens (including phenoxy) is 1. The van der Waals surface area contributed by atoms with Gasteiger partial charge in [0.2, 0.25) is 0 Å². The van der Waals surface area contributed by atoms with Crippen molar-refractivity contribution in [3.05, 3.63) is 0 Å². The summed E-state index contributed by atoms with van der Waals surface area (Å²) >= 11 is 0. The number of rotatable bonds is 3. The summed E-state index contributed by atoms with van der Waals surface area (Å²) in [6.07, 6.45) is 2.83. The predicted octanol–water partition coefficient (Wildman–Crippen LogP) is 2.61. The maximum absolute atomic E-state index is 5.49. The molecule has 116 valence electrons. The lowest BCUT2D eigenvalue weighted by Crippen LogP contribution is -2.45. The third-order valence-corrected chi connectivity index (χ3v) is 5.70. The van der Waals surface area contributed by atoms with E-state index in [1.807, 2.05) is 0 Å². The zero-order valence-electron chi connectivity index (χ0n) is 14.0. The van der Waals surface area contributed by atoms with Crippen LogP contribution in [0, 0.1) is 10.8 Å². The monoisotopic (exact) mass is 280 g/mol. The van der Waals surface area contributed by atoms with Crippen LogP contribution in [0.15, 0.2) is 0 Å². The van der Waals surface area contributed by atoms with Gasteiger partial charge in [0.05, 0.1) is 13.2 Å². The van der Waals surface area contributed by atoms with Crippen molar-refractivity contribution in [1.29, 1.82) is 0 Å². The van der Waals surface area contributed by atoms with Crippen molar-refractivity contribution in [1.82, 2.24) is 9.80 Å². The molecule has 3 aliphatic rings. The average Bonchev–Trinajstić information content (AvgIpc) is 2.93. The third kappa shape index (κ3) is 2.53. The van der Waals surface area contributed by atoms with Gasteiger partial charge in [0.25, 0.3) is 0 Å². The van der Waals surface area contributed by atoms with Gasteiger partial charge >= 0.3 is 0 Å². The van der Waals surface area contributed by atoms with Gasteiger partial charge in [-0.1, -0.05) is 20.8 Å². The van der Waals surface area contributed by atoms with Crippen LogP contribution >= 0.6 is 0 Å². The largest absolute Gasteiger partial charge is 0.379 e. The normalized spacial score (nSPS) is 39.3. The van der Waals surface area contributed by atoms with Crippen molar-refractivity contribution in [2.24, 2.45) is 10.8 Å². The van der Waals surface area contributed by atoms with E-state index in [1.54, 1.807) is 0 Å². The maximum atomic E-state index is 5.49. The first kappa shape index (κ1) is 14.8. The molecule has 20 heavy (non-hydrogen) atoms. The molecule has 0 aromatic carbocycles. The minimum atomic E-state index is 0.399. The average molecular weight is 280 g/mol. The number of hydrogen-bond acceptors (Lipinski definition) is 3. The quantitative estimate of drug-likeness (QED) is 0.790. The predicted molar refractivity (Wildman–Crippen MR) is 82.9 cm³/mol. The van der Waals surface area contributed by atoms with Gasteiger partial charge in [-0.25, -0.2) is 0 Å². The van der Waals surface area contributed by atoms with Crippen molar-refractivity contribution in [3.8, 4) is 0 Å². The van der Waals surface area contributed by atoms with E-state index in [0.29, 0.717) is 16.9 Å². The Morgan fingerprint density at radius 2 is 1.80 bits per heavy atom. The molecule has 0 aromatic heterocycles. The van der Waals surface area contributed by atoms with Gasteiger partial charge in [-0.2, -0.15) is 0 Å². The van der Waals surface area contributed by atoms with E-state index in [1.165, 1.54) is 19.4 Å². The molecule has 2 aliphatic heterocycles. The van der Waals surface area contributed by atoms with E-state index in [0.717, 1.165) is 38.4 Å². The van der Waals surface area contributed by atoms with Crippen molar-refractivity contribution < 1.29 is 4.74 Å². The van der Waals surface area contributed by atoms with E-state index >= 15 is 0 Å². The Morgan fingerprint density at radius 1 is 1.15 bits per heavy atom. The molecule has 3 heteroatoms. The fraction of sp³-hybridized carbons (Fsp3) is 1.00. The van der Waals surface area contributed by atoms with Crippen LogP contribution in [0.4, 0.5) is 0 Å². The molecule has 1 aliphatic carbocycles. The summed E-state index contributed by atoms with van der Waals surface area (Å²) < 4.78 is 5.49. The van der Waals surface area contributed by atoms with E-state index in [9.17, 15) is 0 Å². The molecule has 1 saturated carbocycles. The molecule has 3 rings (SSSR count). The van der Waals surface area contributed by atoms with E-state index in [-0.39, 0.29) is 0 Å². The lowest BCUT2D eigenvalue weighted by molar-refractivity contribution is 0.0276. The van der Waals surface area contributed by atoms with Crippen molar-refractivity contribution in [2.45, 2.75) is 65.6 Å². The number of nitrogens with zero attached hydrogens (tertiary/aromatic N) is 2. The molecule has 1 unspecified atom stereocenters. The van der Waals surface area contributed by atoms with Crippen LogP contribution < -0.4 is 0 Å². The zero-order chi connectivity index (χ0) is 14.5. The van der Waals surface area contributed by atoms with Crippen LogP contribution in [0.3, 0.4) is 0 Å². The first-order valence-corrected chi connectivity index (χ1v) is 8.41. The minimum absolute atomic E-state index is 0.399. The summed E-state index contributed by atoms with van der Waals surface area (Å²) in [4.78, 5) is 5.48. The lowest BCUT2D eigenvalue weighted by Gasteiger charge is -2.40. The highest BCUT2D eigenvalue weighted by atomic mass is 16.5. The third-order valence-electron chi connectivity index (χ3n) is 5.70. The van der Waals surface area contributed by atoms with E-state index in [2.05, 4.69) is 44.4 Å². The van der Waals surface area contributed by atoms with Crippen molar-refractivity contribution in [2.75, 3.05) is 32.8 Å². The first-order valence-electron chi connectivity index (χ1n) is 8.41. The van der Waals surface area contributed by atoms with Gasteiger partial charge < -0.3 is 4.74 Å². The molecule has 0 bridgehead atoms. The first-order chi connectivity index (χ1) is 9.33. The zero-order valence-corrected chi connectivity index (χ0v) is 14.0. The Hall–Kier alpha value is -0.120. The maximum Gasteiger partial charge on any atom is 0.0594 e. The Kier molecular flexibility index (Phi) is 3.67. The van der Waals surface area contributed by atoms with Gasteiger partial charge in [0.1, 0.15) is 0 Å². The Labute approximate surface area is 124 Å². The second kappa shape index (κ2) is 4.96. The second-order valence-electron chi connectivity index (χ2n) is 8.60. The summed E-state index contributed by atoms with van der Waals surface area (Å²) in [5, 5.41) is 0. The van der Waals surface area contributed by atoms with E-state index in [4.69, 9.17) is 4.74 Å². The lowest BCUT2D eigenvalue weighted by atomic mass is 9.81. The highest BCUT2D eigenvalue weighted by molar-refractivity contribution is 5.20. The Balaban J connectivity index is 1.70. The van der Waals surface area contributed by atoms with Crippen molar-refractivity contribution in [3.63, 3.8) is 0 Å². The smallest absolute Gasteiger partial charge is 0.0594 e. The Bertz CT molecular complexity index is 356. The number of morpholine rings is 1. The van der Waals surface area contributed by atoms with Crippen LogP contribution in [-0.2, 0) is 4.74 Å². The topological polar surface area (TPSA) is 15.7 Å². The molecule has 0 amide bonds. The molecule has 0 N–H and O–H groups in total. The minimum Gasteiger partial charge on any atom is -0.379 e. The Morgan fingerprint density at radius 3 is 2.30 bits per heavy atom. The molecule has 3 nitrogen and oxygen atoms in total. The van der Waals surface area contributed by atoms with Gasteiger partial charge in [0.15, 0.2) is 0 Å². The van der Waals surface area contributed by atoms with Crippen LogP contribution in [0.1, 0.15) is 47.5 Å². The number of fused-ring (bicyclic) bond motifs is 1. The molecule has 0 spiro atoms. The highest BCUT2D eigenvalue weighted by Gasteiger charge is 2.66. The number of likely N-dealkylation sites (tertiary alicyclic amines) is 1. The van der Waals surface area contributed by atoms with Gasteiger partial charge in [-0.05, 0) is 32.1 Å². The summed E-state index contributed by atoms with van der Waals surface area (Å²) in [5.41, 5.74) is 0.995. The van der Waals surface area contributed by atoms with Gasteiger partial charge in [-0.3, -0.25) is 9.80 Å². The summed E-state index contributed by atoms with van der Waals surface area (Å²) in [6.45, 7) is 17.4. The molecule has 2 heterocycles. The van der Waals surface area contributed by atoms with Crippen LogP contribution in [0.5, 0.6) is 0 Å². The van der Waals surface area contributed by atoms with Crippen LogP contribution in [0.2, 0.25) is 0 Å². The highest BCUT2D eigenvalue weighted by Crippen LogP contribution is 2.62. The molecule has 0 radical (unpaired) electrons. The molecule has 0 aromatic rings. The van der Waals surface area contributed by atoms with E-state index < -0.39 is 0 Å². The molecular formula is C17H32N2O. The van der Waals surface area contributed by atoms with Crippen molar-refractivity contribution >= 4 is 0 Å². The van der Waals surface area contributed by atoms with Crippen LogP contribution in [-0.4, -0.2) is 60.8 Å². The van der Waals surface area contributed by atoms with Crippen LogP contribution in [0.25, 0.3) is 0 Å². The summed E-state index contributed by atoms with van der Waals surface area (Å²) in [7, 11) is 0. The molecule has 3 fully saturated rings. The fourth-order valence-corrected chi connectivity index (χ4v) is 4.59. The molecular weight excluding hydrogens is 248 g/mol. The SMILES string of the molecule is CC(C)N1C2C[C@]2(CN2CCOCC2)C[C@H]1C(C)(C)C. The summed E-state index contributed by atoms with van der Waals surface area (Å²) in [6, 6.07) is 2.27. The molecule has 2 saturated heterocycles. The summed E-state index contributed by atoms with van der Waals surface area (Å²) in [5.74, 6) is 0. The van der Waals surface area contributed by atoms with Gasteiger partial charge in [-0.15, -0.1) is 0 Å². The standard InChI is InChI=1S/C17H32N2O/c1-13(2)19-14(16(3,4)5)10-17(11-15(17)19)12-18-6-8-20-9-7-18/h13-15H,6-12H2,1-5H3/t14-,15?,17-/m0/s1.